The minimum absolute atomic E-state index is 0.521. The summed E-state index contributed by atoms with van der Waals surface area (Å²) in [6.07, 6.45) is 4.95. The van der Waals surface area contributed by atoms with Crippen molar-refractivity contribution >= 4 is 5.69 Å². The molecule has 0 aliphatic heterocycles. The minimum Gasteiger partial charge on any atom is -0.497 e. The smallest absolute Gasteiger partial charge is 0.183 e. The number of nitrogen functional groups attached to an aromatic ring is 1. The highest BCUT2D eigenvalue weighted by Gasteiger charge is 2.21. The lowest BCUT2D eigenvalue weighted by atomic mass is 10.1. The van der Waals surface area contributed by atoms with Crippen molar-refractivity contribution in [2.24, 2.45) is 0 Å². The van der Waals surface area contributed by atoms with E-state index in [-0.39, 0.29) is 0 Å². The molecule has 0 bridgehead atoms. The molecular weight excluding hydrogens is 240 g/mol. The average molecular weight is 258 g/mol. The SMILES string of the molecule is COc1ccc(N)c(-c2n[nH]c(C3CCCC3)n2)c1. The molecule has 0 amide bonds. The summed E-state index contributed by atoms with van der Waals surface area (Å²) in [5.74, 6) is 2.91. The number of hydrogen-bond acceptors (Lipinski definition) is 4. The Hall–Kier alpha value is -2.04. The average Bonchev–Trinajstić information content (AvgIpc) is 3.10. The Labute approximate surface area is 112 Å². The van der Waals surface area contributed by atoms with Crippen molar-refractivity contribution in [1.29, 1.82) is 0 Å². The highest BCUT2D eigenvalue weighted by atomic mass is 16.5. The lowest BCUT2D eigenvalue weighted by Gasteiger charge is -2.05. The fourth-order valence-corrected chi connectivity index (χ4v) is 2.63. The number of nitrogens with zero attached hydrogens (tertiary/aromatic N) is 2. The zero-order valence-electron chi connectivity index (χ0n) is 11.0. The van der Waals surface area contributed by atoms with E-state index in [0.29, 0.717) is 17.4 Å². The number of aromatic nitrogens is 3. The van der Waals surface area contributed by atoms with E-state index in [1.165, 1.54) is 25.7 Å². The van der Waals surface area contributed by atoms with E-state index in [4.69, 9.17) is 10.5 Å². The van der Waals surface area contributed by atoms with Gasteiger partial charge in [0.2, 0.25) is 0 Å². The second-order valence-electron chi connectivity index (χ2n) is 4.98. The number of methoxy groups -OCH3 is 1. The van der Waals surface area contributed by atoms with Crippen molar-refractivity contribution in [2.45, 2.75) is 31.6 Å². The minimum atomic E-state index is 0.521. The van der Waals surface area contributed by atoms with Crippen LogP contribution in [-0.4, -0.2) is 22.3 Å². The second-order valence-corrected chi connectivity index (χ2v) is 4.98. The Morgan fingerprint density at radius 1 is 1.32 bits per heavy atom. The number of hydrogen-bond donors (Lipinski definition) is 2. The highest BCUT2D eigenvalue weighted by molar-refractivity contribution is 5.72. The Morgan fingerprint density at radius 2 is 2.11 bits per heavy atom. The summed E-state index contributed by atoms with van der Waals surface area (Å²) in [5, 5.41) is 7.35. The molecule has 1 aliphatic rings. The molecule has 0 saturated heterocycles. The molecule has 2 aromatic rings. The van der Waals surface area contributed by atoms with Crippen LogP contribution in [0.15, 0.2) is 18.2 Å². The molecule has 19 heavy (non-hydrogen) atoms. The number of anilines is 1. The molecule has 3 N–H and O–H groups in total. The standard InChI is InChI=1S/C14H18N4O/c1-19-10-6-7-12(15)11(8-10)14-16-13(17-18-14)9-4-2-3-5-9/h6-9H,2-5,15H2,1H3,(H,16,17,18). The van der Waals surface area contributed by atoms with Gasteiger partial charge >= 0.3 is 0 Å². The number of nitrogens with one attached hydrogen (secondary N) is 1. The van der Waals surface area contributed by atoms with Gasteiger partial charge in [0.05, 0.1) is 7.11 Å². The molecule has 0 unspecified atom stereocenters. The van der Waals surface area contributed by atoms with Gasteiger partial charge < -0.3 is 10.5 Å². The highest BCUT2D eigenvalue weighted by Crippen LogP contribution is 2.34. The van der Waals surface area contributed by atoms with Crippen LogP contribution < -0.4 is 10.5 Å². The van der Waals surface area contributed by atoms with Crippen molar-refractivity contribution < 1.29 is 4.74 Å². The molecule has 3 rings (SSSR count). The van der Waals surface area contributed by atoms with Gasteiger partial charge in [-0.2, -0.15) is 5.10 Å². The van der Waals surface area contributed by atoms with Crippen LogP contribution in [-0.2, 0) is 0 Å². The van der Waals surface area contributed by atoms with Gasteiger partial charge in [-0.05, 0) is 31.0 Å². The van der Waals surface area contributed by atoms with Crippen molar-refractivity contribution in [2.75, 3.05) is 12.8 Å². The molecule has 1 aromatic heterocycles. The number of benzene rings is 1. The monoisotopic (exact) mass is 258 g/mol. The molecule has 0 spiro atoms. The van der Waals surface area contributed by atoms with Crippen molar-refractivity contribution in [1.82, 2.24) is 15.2 Å². The molecule has 0 radical (unpaired) electrons. The van der Waals surface area contributed by atoms with Crippen molar-refractivity contribution in [3.05, 3.63) is 24.0 Å². The maximum atomic E-state index is 5.99. The quantitative estimate of drug-likeness (QED) is 0.830. The third kappa shape index (κ3) is 2.28. The number of ether oxygens (including phenoxy) is 1. The van der Waals surface area contributed by atoms with E-state index < -0.39 is 0 Å². The zero-order chi connectivity index (χ0) is 13.2. The van der Waals surface area contributed by atoms with Gasteiger partial charge in [0.1, 0.15) is 11.6 Å². The molecule has 0 atom stereocenters. The predicted octanol–water partition coefficient (Wildman–Crippen LogP) is 2.72. The van der Waals surface area contributed by atoms with Gasteiger partial charge in [0.15, 0.2) is 5.82 Å². The topological polar surface area (TPSA) is 76.8 Å². The van der Waals surface area contributed by atoms with Gasteiger partial charge in [-0.1, -0.05) is 12.8 Å². The van der Waals surface area contributed by atoms with Crippen LogP contribution in [0.2, 0.25) is 0 Å². The van der Waals surface area contributed by atoms with Crippen LogP contribution in [0.3, 0.4) is 0 Å². The van der Waals surface area contributed by atoms with Crippen LogP contribution in [0, 0.1) is 0 Å². The summed E-state index contributed by atoms with van der Waals surface area (Å²) in [4.78, 5) is 4.60. The molecule has 1 aliphatic carbocycles. The summed E-state index contributed by atoms with van der Waals surface area (Å²) in [6, 6.07) is 5.53. The van der Waals surface area contributed by atoms with Gasteiger partial charge in [-0.25, -0.2) is 4.98 Å². The Kier molecular flexibility index (Phi) is 3.11. The van der Waals surface area contributed by atoms with E-state index in [2.05, 4.69) is 15.2 Å². The largest absolute Gasteiger partial charge is 0.497 e. The first kappa shape index (κ1) is 12.0. The van der Waals surface area contributed by atoms with Gasteiger partial charge in [0.25, 0.3) is 0 Å². The van der Waals surface area contributed by atoms with Crippen LogP contribution in [0.4, 0.5) is 5.69 Å². The summed E-state index contributed by atoms with van der Waals surface area (Å²) in [7, 11) is 1.64. The van der Waals surface area contributed by atoms with E-state index in [1.807, 2.05) is 18.2 Å². The Balaban J connectivity index is 1.93. The molecule has 5 heteroatoms. The van der Waals surface area contributed by atoms with Crippen molar-refractivity contribution in [3.8, 4) is 17.1 Å². The third-order valence-corrected chi connectivity index (χ3v) is 3.75. The first-order chi connectivity index (χ1) is 9.28. The van der Waals surface area contributed by atoms with Crippen LogP contribution in [0.5, 0.6) is 5.75 Å². The molecular formula is C14H18N4O. The van der Waals surface area contributed by atoms with E-state index in [1.54, 1.807) is 7.11 Å². The molecule has 1 saturated carbocycles. The normalized spacial score (nSPS) is 15.8. The van der Waals surface area contributed by atoms with Crippen LogP contribution >= 0.6 is 0 Å². The van der Waals surface area contributed by atoms with Crippen molar-refractivity contribution in [3.63, 3.8) is 0 Å². The maximum Gasteiger partial charge on any atom is 0.183 e. The number of nitrogens with two attached hydrogens (primary N) is 1. The predicted molar refractivity (Wildman–Crippen MR) is 74.0 cm³/mol. The summed E-state index contributed by atoms with van der Waals surface area (Å²) in [6.45, 7) is 0. The zero-order valence-corrected chi connectivity index (χ0v) is 11.0. The maximum absolute atomic E-state index is 5.99. The third-order valence-electron chi connectivity index (χ3n) is 3.75. The summed E-state index contributed by atoms with van der Waals surface area (Å²) >= 11 is 0. The van der Waals surface area contributed by atoms with E-state index in [9.17, 15) is 0 Å². The molecule has 1 heterocycles. The molecule has 100 valence electrons. The van der Waals surface area contributed by atoms with Gasteiger partial charge in [-0.15, -0.1) is 0 Å². The Bertz CT molecular complexity index is 573. The lowest BCUT2D eigenvalue weighted by Crippen LogP contribution is -1.95. The molecule has 5 nitrogen and oxygen atoms in total. The first-order valence-electron chi connectivity index (χ1n) is 6.64. The van der Waals surface area contributed by atoms with Crippen LogP contribution in [0.1, 0.15) is 37.4 Å². The van der Waals surface area contributed by atoms with Crippen LogP contribution in [0.25, 0.3) is 11.4 Å². The molecule has 1 aromatic carbocycles. The number of aromatic amines is 1. The fraction of sp³-hybridized carbons (Fsp3) is 0.429. The Morgan fingerprint density at radius 3 is 2.84 bits per heavy atom. The van der Waals surface area contributed by atoms with E-state index in [0.717, 1.165) is 17.1 Å². The first-order valence-corrected chi connectivity index (χ1v) is 6.64. The number of rotatable bonds is 3. The lowest BCUT2D eigenvalue weighted by molar-refractivity contribution is 0.415. The van der Waals surface area contributed by atoms with Gasteiger partial charge in [-0.3, -0.25) is 5.10 Å². The number of H-pyrrole nitrogens is 1. The second kappa shape index (κ2) is 4.91. The fourth-order valence-electron chi connectivity index (χ4n) is 2.63. The summed E-state index contributed by atoms with van der Waals surface area (Å²) < 4.78 is 5.22. The van der Waals surface area contributed by atoms with E-state index >= 15 is 0 Å². The summed E-state index contributed by atoms with van der Waals surface area (Å²) in [5.41, 5.74) is 7.47. The molecule has 1 fully saturated rings. The van der Waals surface area contributed by atoms with Gasteiger partial charge in [0, 0.05) is 17.2 Å².